The van der Waals surface area contributed by atoms with Crippen LogP contribution in [0.25, 0.3) is 10.2 Å². The smallest absolute Gasteiger partial charge is 0.277 e. The van der Waals surface area contributed by atoms with Gasteiger partial charge in [-0.2, -0.15) is 0 Å². The molecule has 0 saturated carbocycles. The zero-order valence-electron chi connectivity index (χ0n) is 15.9. The predicted octanol–water partition coefficient (Wildman–Crippen LogP) is 3.46. The molecular formula is C18H16FN5O5S. The molecule has 0 atom stereocenters. The molecule has 0 fully saturated rings. The standard InChI is InChI=1S/C18H16FN5O5S/c1-21(2)6-7-22(18-20-16-14(19)4-3-5-15(16)30-18)17(25)11-8-12(23(26)27)10-13(9-11)24(28)29/h3-5,8-10H,6-7H2,1-2H3. The molecule has 30 heavy (non-hydrogen) atoms. The highest BCUT2D eigenvalue weighted by atomic mass is 32.1. The minimum Gasteiger partial charge on any atom is -0.308 e. The third-order valence-electron chi connectivity index (χ3n) is 4.18. The average molecular weight is 433 g/mol. The number of halogens is 1. The lowest BCUT2D eigenvalue weighted by atomic mass is 10.1. The molecule has 0 aliphatic carbocycles. The predicted molar refractivity (Wildman–Crippen MR) is 110 cm³/mol. The second-order valence-corrected chi connectivity index (χ2v) is 7.60. The molecule has 0 unspecified atom stereocenters. The number of anilines is 1. The monoisotopic (exact) mass is 433 g/mol. The Kier molecular flexibility index (Phi) is 5.99. The zero-order chi connectivity index (χ0) is 22.0. The van der Waals surface area contributed by atoms with Crippen LogP contribution in [0.3, 0.4) is 0 Å². The molecule has 0 radical (unpaired) electrons. The van der Waals surface area contributed by atoms with E-state index < -0.39 is 32.9 Å². The van der Waals surface area contributed by atoms with Gasteiger partial charge in [0.15, 0.2) is 5.13 Å². The molecule has 0 aliphatic heterocycles. The van der Waals surface area contributed by atoms with Gasteiger partial charge in [-0.05, 0) is 26.2 Å². The maximum Gasteiger partial charge on any atom is 0.277 e. The van der Waals surface area contributed by atoms with Crippen molar-refractivity contribution in [3.63, 3.8) is 0 Å². The van der Waals surface area contributed by atoms with Gasteiger partial charge in [0.05, 0.1) is 26.2 Å². The van der Waals surface area contributed by atoms with Crippen LogP contribution in [0.1, 0.15) is 10.4 Å². The molecule has 1 heterocycles. The number of thiazole rings is 1. The molecule has 0 saturated heterocycles. The van der Waals surface area contributed by atoms with Crippen LogP contribution in [-0.2, 0) is 0 Å². The summed E-state index contributed by atoms with van der Waals surface area (Å²) in [5, 5.41) is 22.5. The number of aromatic nitrogens is 1. The summed E-state index contributed by atoms with van der Waals surface area (Å²) >= 11 is 1.08. The van der Waals surface area contributed by atoms with Crippen LogP contribution < -0.4 is 4.90 Å². The number of hydrogen-bond donors (Lipinski definition) is 0. The number of nitro groups is 2. The Labute approximate surface area is 173 Å². The highest BCUT2D eigenvalue weighted by Crippen LogP contribution is 2.32. The number of hydrogen-bond acceptors (Lipinski definition) is 8. The zero-order valence-corrected chi connectivity index (χ0v) is 16.8. The maximum absolute atomic E-state index is 14.1. The number of carbonyl (C=O) groups excluding carboxylic acids is 1. The van der Waals surface area contributed by atoms with Gasteiger partial charge in [0, 0.05) is 25.2 Å². The molecule has 0 bridgehead atoms. The summed E-state index contributed by atoms with van der Waals surface area (Å²) in [6.45, 7) is 0.560. The Morgan fingerprint density at radius 3 is 2.27 bits per heavy atom. The second-order valence-electron chi connectivity index (χ2n) is 6.60. The molecule has 0 N–H and O–H groups in total. The first kappa shape index (κ1) is 21.2. The third-order valence-corrected chi connectivity index (χ3v) is 5.22. The summed E-state index contributed by atoms with van der Waals surface area (Å²) in [5.41, 5.74) is -1.27. The topological polar surface area (TPSA) is 123 Å². The van der Waals surface area contributed by atoms with Crippen molar-refractivity contribution in [2.24, 2.45) is 0 Å². The number of nitrogens with zero attached hydrogens (tertiary/aromatic N) is 5. The van der Waals surface area contributed by atoms with Gasteiger partial charge >= 0.3 is 0 Å². The third kappa shape index (κ3) is 4.39. The number of amides is 1. The summed E-state index contributed by atoms with van der Waals surface area (Å²) < 4.78 is 14.6. The van der Waals surface area contributed by atoms with E-state index in [1.165, 1.54) is 17.0 Å². The first-order valence-corrected chi connectivity index (χ1v) is 9.44. The van der Waals surface area contributed by atoms with E-state index in [4.69, 9.17) is 0 Å². The summed E-state index contributed by atoms with van der Waals surface area (Å²) in [6.07, 6.45) is 0. The molecule has 2 aromatic carbocycles. The molecule has 1 amide bonds. The van der Waals surface area contributed by atoms with Gasteiger partial charge in [-0.25, -0.2) is 9.37 Å². The van der Waals surface area contributed by atoms with E-state index in [0.717, 1.165) is 29.5 Å². The van der Waals surface area contributed by atoms with Gasteiger partial charge in [0.2, 0.25) is 0 Å². The minimum atomic E-state index is -0.805. The van der Waals surface area contributed by atoms with Gasteiger partial charge < -0.3 is 4.90 Å². The van der Waals surface area contributed by atoms with Crippen LogP contribution in [0.4, 0.5) is 20.9 Å². The molecule has 1 aromatic heterocycles. The largest absolute Gasteiger partial charge is 0.308 e. The number of para-hydroxylation sites is 1. The Balaban J connectivity index is 2.09. The van der Waals surface area contributed by atoms with Crippen molar-refractivity contribution < 1.29 is 19.0 Å². The van der Waals surface area contributed by atoms with E-state index in [0.29, 0.717) is 11.2 Å². The van der Waals surface area contributed by atoms with Crippen LogP contribution in [0, 0.1) is 26.0 Å². The summed E-state index contributed by atoms with van der Waals surface area (Å²) in [6, 6.07) is 7.18. The SMILES string of the molecule is CN(C)CCN(C(=O)c1cc([N+](=O)[O-])cc([N+](=O)[O-])c1)c1nc2c(F)cccc2s1. The van der Waals surface area contributed by atoms with Gasteiger partial charge in [-0.1, -0.05) is 17.4 Å². The normalized spacial score (nSPS) is 11.1. The number of nitro benzene ring substituents is 2. The summed E-state index contributed by atoms with van der Waals surface area (Å²) in [4.78, 5) is 41.2. The quantitative estimate of drug-likeness (QED) is 0.413. The van der Waals surface area contributed by atoms with Crippen molar-refractivity contribution in [1.29, 1.82) is 0 Å². The van der Waals surface area contributed by atoms with E-state index >= 15 is 0 Å². The van der Waals surface area contributed by atoms with E-state index in [1.54, 1.807) is 20.2 Å². The van der Waals surface area contributed by atoms with Crippen LogP contribution >= 0.6 is 11.3 Å². The molecule has 10 nitrogen and oxygen atoms in total. The Bertz CT molecular complexity index is 1120. The second kappa shape index (κ2) is 8.47. The fourth-order valence-electron chi connectivity index (χ4n) is 2.69. The van der Waals surface area contributed by atoms with E-state index in [2.05, 4.69) is 4.98 Å². The van der Waals surface area contributed by atoms with Crippen molar-refractivity contribution in [1.82, 2.24) is 9.88 Å². The number of benzene rings is 2. The molecule has 12 heteroatoms. The lowest BCUT2D eigenvalue weighted by Crippen LogP contribution is -2.36. The van der Waals surface area contributed by atoms with Crippen LogP contribution in [0.2, 0.25) is 0 Å². The van der Waals surface area contributed by atoms with Crippen LogP contribution in [-0.4, -0.2) is 52.8 Å². The van der Waals surface area contributed by atoms with E-state index in [1.807, 2.05) is 4.90 Å². The summed E-state index contributed by atoms with van der Waals surface area (Å²) in [7, 11) is 3.58. The number of fused-ring (bicyclic) bond motifs is 1. The van der Waals surface area contributed by atoms with Crippen LogP contribution in [0.5, 0.6) is 0 Å². The molecule has 3 rings (SSSR count). The first-order chi connectivity index (χ1) is 14.2. The lowest BCUT2D eigenvalue weighted by Gasteiger charge is -2.22. The molecule has 0 aliphatic rings. The van der Waals surface area contributed by atoms with Gasteiger partial charge in [0.1, 0.15) is 11.3 Å². The number of likely N-dealkylation sites (N-methyl/N-ethyl adjacent to an activating group) is 1. The van der Waals surface area contributed by atoms with Crippen LogP contribution in [0.15, 0.2) is 36.4 Å². The Morgan fingerprint density at radius 1 is 1.10 bits per heavy atom. The number of non-ortho nitro benzene ring substituents is 2. The molecule has 3 aromatic rings. The van der Waals surface area contributed by atoms with Crippen molar-refractivity contribution >= 4 is 44.0 Å². The van der Waals surface area contributed by atoms with Crippen molar-refractivity contribution in [3.05, 3.63) is 68.0 Å². The maximum atomic E-state index is 14.1. The number of rotatable bonds is 7. The van der Waals surface area contributed by atoms with Gasteiger partial charge in [-0.3, -0.25) is 29.9 Å². The molecule has 0 spiro atoms. The van der Waals surface area contributed by atoms with E-state index in [9.17, 15) is 29.4 Å². The summed E-state index contributed by atoms with van der Waals surface area (Å²) in [5.74, 6) is -1.25. The Morgan fingerprint density at radius 2 is 1.73 bits per heavy atom. The molecular weight excluding hydrogens is 417 g/mol. The fraction of sp³-hybridized carbons (Fsp3) is 0.222. The average Bonchev–Trinajstić information content (AvgIpc) is 3.12. The Hall–Kier alpha value is -3.51. The lowest BCUT2D eigenvalue weighted by molar-refractivity contribution is -0.394. The van der Waals surface area contributed by atoms with Gasteiger partial charge in [-0.15, -0.1) is 0 Å². The van der Waals surface area contributed by atoms with Crippen molar-refractivity contribution in [2.75, 3.05) is 32.1 Å². The first-order valence-electron chi connectivity index (χ1n) is 8.63. The highest BCUT2D eigenvalue weighted by Gasteiger charge is 2.26. The number of carbonyl (C=O) groups is 1. The van der Waals surface area contributed by atoms with E-state index in [-0.39, 0.29) is 22.8 Å². The minimum absolute atomic E-state index is 0.102. The van der Waals surface area contributed by atoms with Gasteiger partial charge in [0.25, 0.3) is 17.3 Å². The molecule has 156 valence electrons. The fourth-order valence-corrected chi connectivity index (χ4v) is 3.69. The van der Waals surface area contributed by atoms with Crippen molar-refractivity contribution in [3.8, 4) is 0 Å². The highest BCUT2D eigenvalue weighted by molar-refractivity contribution is 7.22. The van der Waals surface area contributed by atoms with Crippen molar-refractivity contribution in [2.45, 2.75) is 0 Å².